The fourth-order valence-corrected chi connectivity index (χ4v) is 0. The number of rotatable bonds is 0. The van der Waals surface area contributed by atoms with Crippen molar-refractivity contribution in [2.24, 2.45) is 18.8 Å². The molecule has 0 aliphatic rings. The molecule has 0 spiro atoms. The number of hydrogen-bond acceptors (Lipinski definition) is 4. The summed E-state index contributed by atoms with van der Waals surface area (Å²) < 4.78 is 19.5. The third-order valence-electron chi connectivity index (χ3n) is 0. The maximum atomic E-state index is 4.88. The Kier molecular flexibility index (Phi) is 1.33. The molecule has 0 unspecified atom stereocenters. The quantitative estimate of drug-likeness (QED) is 0.271. The SMILES string of the molecule is [NH2][Ge]([NH2])([NH2])[NH2]. The van der Waals surface area contributed by atoms with Crippen LogP contribution in [0.15, 0.2) is 0 Å². The zero-order chi connectivity index (χ0) is 4.50. The Hall–Kier alpha value is 0.383. The van der Waals surface area contributed by atoms with Crippen molar-refractivity contribution < 1.29 is 0 Å². The normalized spacial score (nSPS) is 12.0. The molecule has 0 saturated carbocycles. The van der Waals surface area contributed by atoms with E-state index in [4.69, 9.17) is 18.8 Å². The Morgan fingerprint density at radius 1 is 0.800 bits per heavy atom. The van der Waals surface area contributed by atoms with Crippen LogP contribution in [0.4, 0.5) is 0 Å². The van der Waals surface area contributed by atoms with Crippen LogP contribution < -0.4 is 18.8 Å². The molecule has 0 aliphatic heterocycles. The first-order valence-corrected chi connectivity index (χ1v) is 6.00. The first kappa shape index (κ1) is 5.38. The molecule has 0 saturated heterocycles. The van der Waals surface area contributed by atoms with E-state index in [0.29, 0.717) is 0 Å². The molecule has 0 aliphatic carbocycles. The first-order chi connectivity index (χ1) is 2.00. The fourth-order valence-electron chi connectivity index (χ4n) is 0. The molecule has 4 nitrogen and oxygen atoms in total. The second-order valence-corrected chi connectivity index (χ2v) is 5.20. The molecule has 0 heterocycles. The van der Waals surface area contributed by atoms with Gasteiger partial charge in [-0.2, -0.15) is 0 Å². The van der Waals surface area contributed by atoms with Crippen LogP contribution >= 0.6 is 0 Å². The summed E-state index contributed by atoms with van der Waals surface area (Å²) in [5, 5.41) is 0. The summed E-state index contributed by atoms with van der Waals surface area (Å²) in [5.41, 5.74) is 0. The van der Waals surface area contributed by atoms with Crippen molar-refractivity contribution in [2.75, 3.05) is 0 Å². The minimum atomic E-state index is -3.00. The van der Waals surface area contributed by atoms with Crippen LogP contribution in [0.1, 0.15) is 0 Å². The van der Waals surface area contributed by atoms with Crippen molar-refractivity contribution in [1.29, 1.82) is 0 Å². The van der Waals surface area contributed by atoms with E-state index in [2.05, 4.69) is 0 Å². The Morgan fingerprint density at radius 2 is 0.800 bits per heavy atom. The molecule has 32 valence electrons. The molecule has 0 bridgehead atoms. The second-order valence-electron chi connectivity index (χ2n) is 1.00. The van der Waals surface area contributed by atoms with Crippen molar-refractivity contribution in [1.82, 2.24) is 0 Å². The predicted octanol–water partition coefficient (Wildman–Crippen LogP) is -2.74. The van der Waals surface area contributed by atoms with Crippen molar-refractivity contribution in [3.63, 3.8) is 0 Å². The first-order valence-electron chi connectivity index (χ1n) is 1.15. The van der Waals surface area contributed by atoms with Crippen molar-refractivity contribution in [3.8, 4) is 0 Å². The molecule has 5 heavy (non-hydrogen) atoms. The Morgan fingerprint density at radius 3 is 0.800 bits per heavy atom. The van der Waals surface area contributed by atoms with Gasteiger partial charge in [0, 0.05) is 0 Å². The molecule has 0 atom stereocenters. The molecule has 0 radical (unpaired) electrons. The third kappa shape index (κ3) is 170. The van der Waals surface area contributed by atoms with Gasteiger partial charge in [-0.05, 0) is 0 Å². The van der Waals surface area contributed by atoms with Gasteiger partial charge in [-0.3, -0.25) is 0 Å². The molecule has 0 aromatic heterocycles. The van der Waals surface area contributed by atoms with E-state index in [9.17, 15) is 0 Å². The van der Waals surface area contributed by atoms with Gasteiger partial charge < -0.3 is 0 Å². The average molecular weight is 137 g/mol. The summed E-state index contributed by atoms with van der Waals surface area (Å²) in [4.78, 5) is 0. The van der Waals surface area contributed by atoms with E-state index >= 15 is 0 Å². The van der Waals surface area contributed by atoms with Gasteiger partial charge in [0.2, 0.25) is 0 Å². The summed E-state index contributed by atoms with van der Waals surface area (Å²) in [6.07, 6.45) is 0. The van der Waals surface area contributed by atoms with Crippen molar-refractivity contribution in [2.45, 2.75) is 0 Å². The van der Waals surface area contributed by atoms with Crippen LogP contribution in [0, 0.1) is 0 Å². The van der Waals surface area contributed by atoms with Crippen LogP contribution in [0.5, 0.6) is 0 Å². The molecule has 5 heteroatoms. The van der Waals surface area contributed by atoms with Crippen LogP contribution in [0.3, 0.4) is 0 Å². The number of hydrogen-bond donors (Lipinski definition) is 4. The molecule has 8 N–H and O–H groups in total. The summed E-state index contributed by atoms with van der Waals surface area (Å²) in [6, 6.07) is 0. The zero-order valence-corrected chi connectivity index (χ0v) is 4.91. The van der Waals surface area contributed by atoms with Crippen LogP contribution in [0.25, 0.3) is 0 Å². The van der Waals surface area contributed by atoms with Crippen LogP contribution in [-0.2, 0) is 0 Å². The molecule has 0 aromatic carbocycles. The third-order valence-corrected chi connectivity index (χ3v) is 0. The summed E-state index contributed by atoms with van der Waals surface area (Å²) in [6.45, 7) is 0. The van der Waals surface area contributed by atoms with Gasteiger partial charge in [0.05, 0.1) is 0 Å². The summed E-state index contributed by atoms with van der Waals surface area (Å²) in [5.74, 6) is 0. The minimum absolute atomic E-state index is 3.00. The van der Waals surface area contributed by atoms with Gasteiger partial charge >= 0.3 is 32.9 Å². The topological polar surface area (TPSA) is 104 Å². The van der Waals surface area contributed by atoms with Gasteiger partial charge in [-0.1, -0.05) is 0 Å². The molecule has 0 fully saturated rings. The van der Waals surface area contributed by atoms with Crippen molar-refractivity contribution in [3.05, 3.63) is 0 Å². The Balaban J connectivity index is 3.02. The van der Waals surface area contributed by atoms with Gasteiger partial charge in [0.25, 0.3) is 0 Å². The van der Waals surface area contributed by atoms with E-state index in [-0.39, 0.29) is 0 Å². The van der Waals surface area contributed by atoms with E-state index in [0.717, 1.165) is 0 Å². The Labute approximate surface area is 33.7 Å². The molecule has 0 amide bonds. The zero-order valence-electron chi connectivity index (χ0n) is 2.81. The standard InChI is InChI=1S/GeH8N4/c2-1(3,4)5/h2-5H2. The van der Waals surface area contributed by atoms with Gasteiger partial charge in [0.1, 0.15) is 0 Å². The van der Waals surface area contributed by atoms with E-state index in [1.54, 1.807) is 0 Å². The molecule has 0 aromatic rings. The second kappa shape index (κ2) is 1.23. The van der Waals surface area contributed by atoms with E-state index in [1.807, 2.05) is 0 Å². The average Bonchev–Trinajstić information content (AvgIpc) is 0.722. The van der Waals surface area contributed by atoms with Gasteiger partial charge in [-0.25, -0.2) is 0 Å². The van der Waals surface area contributed by atoms with Crippen LogP contribution in [0.2, 0.25) is 0 Å². The Bertz CT molecular complexity index is 19.1. The monoisotopic (exact) mass is 138 g/mol. The molecule has 0 rings (SSSR count). The van der Waals surface area contributed by atoms with Crippen molar-refractivity contribution >= 4 is 14.2 Å². The summed E-state index contributed by atoms with van der Waals surface area (Å²) >= 11 is -3.00. The summed E-state index contributed by atoms with van der Waals surface area (Å²) in [7, 11) is 0. The van der Waals surface area contributed by atoms with Crippen LogP contribution in [-0.4, -0.2) is 14.2 Å². The number of nitrogens with two attached hydrogens (primary N) is 4. The van der Waals surface area contributed by atoms with Gasteiger partial charge in [-0.15, -0.1) is 0 Å². The van der Waals surface area contributed by atoms with E-state index < -0.39 is 14.2 Å². The molecular weight excluding hydrogens is 129 g/mol. The predicted molar refractivity (Wildman–Crippen MR) is 22.5 cm³/mol. The molecular formula is H8GeN4. The van der Waals surface area contributed by atoms with Gasteiger partial charge in [0.15, 0.2) is 0 Å². The van der Waals surface area contributed by atoms with E-state index in [1.165, 1.54) is 0 Å². The maximum absolute atomic E-state index is 4.88. The fraction of sp³-hybridized carbons (Fsp3) is 0.